The number of nitrogens with one attached hydrogen (secondary N) is 2. The van der Waals surface area contributed by atoms with Crippen LogP contribution in [0.3, 0.4) is 0 Å². The van der Waals surface area contributed by atoms with Crippen molar-refractivity contribution in [2.75, 3.05) is 19.8 Å². The summed E-state index contributed by atoms with van der Waals surface area (Å²) in [6.07, 6.45) is 4.40. The number of hydrogen-bond acceptors (Lipinski definition) is 5. The number of thiazole rings is 1. The maximum absolute atomic E-state index is 9.99. The smallest absolute Gasteiger partial charge is 0.191 e. The summed E-state index contributed by atoms with van der Waals surface area (Å²) in [4.78, 5) is 8.99. The molecule has 1 heterocycles. The van der Waals surface area contributed by atoms with Gasteiger partial charge < -0.3 is 20.5 Å². The molecule has 2 saturated carbocycles. The SMILES string of the molecule is Cc1csc(CN=C(NC[C@H](O)COCC2CC2)NC2CC2)n1. The van der Waals surface area contributed by atoms with Crippen LogP contribution in [0.2, 0.25) is 0 Å². The summed E-state index contributed by atoms with van der Waals surface area (Å²) in [7, 11) is 0. The van der Waals surface area contributed by atoms with Crippen molar-refractivity contribution in [2.24, 2.45) is 10.9 Å². The second-order valence-electron chi connectivity index (χ2n) is 6.48. The first-order valence-electron chi connectivity index (χ1n) is 8.40. The van der Waals surface area contributed by atoms with E-state index in [1.54, 1.807) is 11.3 Å². The Morgan fingerprint density at radius 1 is 1.48 bits per heavy atom. The molecule has 3 rings (SSSR count). The first-order valence-corrected chi connectivity index (χ1v) is 9.28. The fraction of sp³-hybridized carbons (Fsp3) is 0.750. The highest BCUT2D eigenvalue weighted by atomic mass is 32.1. The lowest BCUT2D eigenvalue weighted by Crippen LogP contribution is -2.43. The van der Waals surface area contributed by atoms with Crippen LogP contribution in [0, 0.1) is 12.8 Å². The zero-order chi connectivity index (χ0) is 16.1. The number of aliphatic imine (C=N–C) groups is 1. The molecule has 0 spiro atoms. The van der Waals surface area contributed by atoms with Gasteiger partial charge in [0, 0.05) is 30.3 Å². The van der Waals surface area contributed by atoms with E-state index in [2.05, 4.69) is 20.6 Å². The Hall–Kier alpha value is -1.18. The van der Waals surface area contributed by atoms with Gasteiger partial charge in [0.05, 0.1) is 19.3 Å². The molecule has 2 fully saturated rings. The number of hydrogen-bond donors (Lipinski definition) is 3. The van der Waals surface area contributed by atoms with Crippen molar-refractivity contribution in [1.82, 2.24) is 15.6 Å². The maximum Gasteiger partial charge on any atom is 0.191 e. The topological polar surface area (TPSA) is 78.8 Å². The second kappa shape index (κ2) is 8.08. The first-order chi connectivity index (χ1) is 11.2. The van der Waals surface area contributed by atoms with Gasteiger partial charge in [-0.15, -0.1) is 11.3 Å². The molecule has 1 atom stereocenters. The molecule has 0 bridgehead atoms. The van der Waals surface area contributed by atoms with Crippen LogP contribution in [0.5, 0.6) is 0 Å². The lowest BCUT2D eigenvalue weighted by atomic mass is 10.4. The van der Waals surface area contributed by atoms with Crippen molar-refractivity contribution in [1.29, 1.82) is 0 Å². The Labute approximate surface area is 141 Å². The summed E-state index contributed by atoms with van der Waals surface area (Å²) >= 11 is 1.63. The largest absolute Gasteiger partial charge is 0.389 e. The van der Waals surface area contributed by atoms with Gasteiger partial charge in [0.1, 0.15) is 5.01 Å². The minimum absolute atomic E-state index is 0.381. The van der Waals surface area contributed by atoms with E-state index < -0.39 is 6.10 Å². The number of nitrogens with zero attached hydrogens (tertiary/aromatic N) is 2. The molecule has 0 saturated heterocycles. The van der Waals surface area contributed by atoms with Crippen LogP contribution in [0.1, 0.15) is 36.4 Å². The van der Waals surface area contributed by atoms with Gasteiger partial charge in [0.25, 0.3) is 0 Å². The van der Waals surface area contributed by atoms with Gasteiger partial charge in [-0.1, -0.05) is 0 Å². The molecule has 2 aliphatic rings. The predicted molar refractivity (Wildman–Crippen MR) is 91.7 cm³/mol. The van der Waals surface area contributed by atoms with Crippen LogP contribution < -0.4 is 10.6 Å². The van der Waals surface area contributed by atoms with E-state index in [0.29, 0.717) is 25.7 Å². The van der Waals surface area contributed by atoms with Gasteiger partial charge in [-0.3, -0.25) is 0 Å². The summed E-state index contributed by atoms with van der Waals surface area (Å²) in [5.41, 5.74) is 1.04. The van der Waals surface area contributed by atoms with Crippen LogP contribution in [-0.4, -0.2) is 48.0 Å². The zero-order valence-electron chi connectivity index (χ0n) is 13.6. The van der Waals surface area contributed by atoms with Gasteiger partial charge in [-0.25, -0.2) is 9.98 Å². The van der Waals surface area contributed by atoms with Crippen molar-refractivity contribution in [2.45, 2.75) is 51.3 Å². The minimum atomic E-state index is -0.512. The highest BCUT2D eigenvalue weighted by molar-refractivity contribution is 7.09. The first kappa shape index (κ1) is 16.7. The highest BCUT2D eigenvalue weighted by Crippen LogP contribution is 2.28. The molecule has 0 aliphatic heterocycles. The van der Waals surface area contributed by atoms with Gasteiger partial charge in [-0.2, -0.15) is 0 Å². The molecule has 1 aromatic rings. The van der Waals surface area contributed by atoms with E-state index in [9.17, 15) is 5.11 Å². The lowest BCUT2D eigenvalue weighted by Gasteiger charge is -2.15. The molecule has 3 N–H and O–H groups in total. The van der Waals surface area contributed by atoms with Crippen molar-refractivity contribution in [3.05, 3.63) is 16.1 Å². The Balaban J connectivity index is 1.41. The molecular weight excluding hydrogens is 312 g/mol. The molecule has 23 heavy (non-hydrogen) atoms. The third kappa shape index (κ3) is 6.45. The molecule has 0 amide bonds. The Kier molecular flexibility index (Phi) is 5.85. The third-order valence-corrected chi connectivity index (χ3v) is 4.77. The van der Waals surface area contributed by atoms with E-state index in [1.165, 1.54) is 25.7 Å². The summed E-state index contributed by atoms with van der Waals surface area (Å²) in [5.74, 6) is 1.48. The number of aromatic nitrogens is 1. The van der Waals surface area contributed by atoms with Crippen molar-refractivity contribution in [3.63, 3.8) is 0 Å². The normalized spacial score (nSPS) is 19.7. The molecule has 7 heteroatoms. The fourth-order valence-electron chi connectivity index (χ4n) is 2.12. The van der Waals surface area contributed by atoms with Crippen LogP contribution in [0.15, 0.2) is 10.4 Å². The Bertz CT molecular complexity index is 526. The van der Waals surface area contributed by atoms with E-state index in [1.807, 2.05) is 12.3 Å². The van der Waals surface area contributed by atoms with Gasteiger partial charge in [0.2, 0.25) is 0 Å². The van der Waals surface area contributed by atoms with Crippen molar-refractivity contribution < 1.29 is 9.84 Å². The summed E-state index contributed by atoms with van der Waals surface area (Å²) in [6.45, 7) is 4.16. The van der Waals surface area contributed by atoms with Crippen molar-refractivity contribution in [3.8, 4) is 0 Å². The van der Waals surface area contributed by atoms with E-state index >= 15 is 0 Å². The lowest BCUT2D eigenvalue weighted by molar-refractivity contribution is 0.0345. The molecule has 0 unspecified atom stereocenters. The number of aliphatic hydroxyl groups is 1. The maximum atomic E-state index is 9.99. The molecular formula is C16H26N4O2S. The van der Waals surface area contributed by atoms with E-state index in [-0.39, 0.29) is 0 Å². The minimum Gasteiger partial charge on any atom is -0.389 e. The van der Waals surface area contributed by atoms with Gasteiger partial charge >= 0.3 is 0 Å². The number of ether oxygens (including phenoxy) is 1. The highest BCUT2D eigenvalue weighted by Gasteiger charge is 2.23. The quantitative estimate of drug-likeness (QED) is 0.469. The molecule has 2 aliphatic carbocycles. The number of rotatable bonds is 9. The molecule has 0 radical (unpaired) electrons. The molecule has 0 aromatic carbocycles. The molecule has 1 aromatic heterocycles. The Morgan fingerprint density at radius 2 is 2.30 bits per heavy atom. The molecule has 6 nitrogen and oxygen atoms in total. The summed E-state index contributed by atoms with van der Waals surface area (Å²) in [6, 6.07) is 0.516. The monoisotopic (exact) mass is 338 g/mol. The zero-order valence-corrected chi connectivity index (χ0v) is 14.4. The second-order valence-corrected chi connectivity index (χ2v) is 7.42. The average Bonchev–Trinajstić information content (AvgIpc) is 3.44. The Morgan fingerprint density at radius 3 is 2.96 bits per heavy atom. The van der Waals surface area contributed by atoms with Gasteiger partial charge in [0.15, 0.2) is 5.96 Å². The van der Waals surface area contributed by atoms with Crippen molar-refractivity contribution >= 4 is 17.3 Å². The fourth-order valence-corrected chi connectivity index (χ4v) is 2.82. The average molecular weight is 338 g/mol. The number of guanidine groups is 1. The standard InChI is InChI=1S/C16H26N4O2S/c1-11-10-23-15(19-11)7-18-16(20-13-4-5-13)17-6-14(21)9-22-8-12-2-3-12/h10,12-14,21H,2-9H2,1H3,(H2,17,18,20)/t14-/m0/s1. The van der Waals surface area contributed by atoms with Crippen LogP contribution in [0.4, 0.5) is 0 Å². The summed E-state index contributed by atoms with van der Waals surface area (Å²) < 4.78 is 5.52. The number of aliphatic hydroxyl groups excluding tert-OH is 1. The third-order valence-electron chi connectivity index (χ3n) is 3.82. The number of aryl methyl sites for hydroxylation is 1. The van der Waals surface area contributed by atoms with E-state index in [0.717, 1.165) is 29.2 Å². The van der Waals surface area contributed by atoms with Crippen LogP contribution in [-0.2, 0) is 11.3 Å². The van der Waals surface area contributed by atoms with Crippen LogP contribution in [0.25, 0.3) is 0 Å². The van der Waals surface area contributed by atoms with Crippen LogP contribution >= 0.6 is 11.3 Å². The summed E-state index contributed by atoms with van der Waals surface area (Å²) in [5, 5.41) is 19.6. The predicted octanol–water partition coefficient (Wildman–Crippen LogP) is 1.44. The molecule has 128 valence electrons. The van der Waals surface area contributed by atoms with Gasteiger partial charge in [-0.05, 0) is 38.5 Å². The van der Waals surface area contributed by atoms with E-state index in [4.69, 9.17) is 4.74 Å².